The molecule has 0 bridgehead atoms. The van der Waals surface area contributed by atoms with Crippen molar-refractivity contribution in [3.63, 3.8) is 0 Å². The maximum Gasteiger partial charge on any atom is 0.341 e. The van der Waals surface area contributed by atoms with Crippen LogP contribution in [0.25, 0.3) is 21.7 Å². The Hall–Kier alpha value is -3.47. The Balaban J connectivity index is 1.93. The van der Waals surface area contributed by atoms with E-state index in [0.29, 0.717) is 0 Å². The molecule has 1 N–H and O–H groups in total. The maximum atomic E-state index is 14.4. The summed E-state index contributed by atoms with van der Waals surface area (Å²) >= 11 is 0. The number of hydrogen-bond acceptors (Lipinski definition) is 2. The van der Waals surface area contributed by atoms with Crippen LogP contribution in [-0.2, 0) is 6.54 Å². The minimum Gasteiger partial charge on any atom is -0.477 e. The van der Waals surface area contributed by atoms with Gasteiger partial charge in [-0.1, -0.05) is 42.5 Å². The van der Waals surface area contributed by atoms with Gasteiger partial charge in [0.2, 0.25) is 5.43 Å². The molecular formula is C21H14FNO3. The Bertz CT molecular complexity index is 1230. The van der Waals surface area contributed by atoms with Crippen molar-refractivity contribution in [2.45, 2.75) is 6.54 Å². The highest BCUT2D eigenvalue weighted by Gasteiger charge is 2.16. The summed E-state index contributed by atoms with van der Waals surface area (Å²) in [6.07, 6.45) is 1.21. The zero-order valence-corrected chi connectivity index (χ0v) is 13.6. The van der Waals surface area contributed by atoms with Crippen molar-refractivity contribution in [3.8, 4) is 0 Å². The maximum absolute atomic E-state index is 14.4. The predicted octanol–water partition coefficient (Wildman–Crippen LogP) is 4.04. The summed E-state index contributed by atoms with van der Waals surface area (Å²) in [6, 6.07) is 17.8. The first-order chi connectivity index (χ1) is 12.5. The van der Waals surface area contributed by atoms with E-state index in [1.807, 2.05) is 42.5 Å². The van der Waals surface area contributed by atoms with Gasteiger partial charge >= 0.3 is 5.97 Å². The molecule has 0 amide bonds. The number of carbonyl (C=O) groups is 1. The van der Waals surface area contributed by atoms with E-state index >= 15 is 0 Å². The van der Waals surface area contributed by atoms with Gasteiger partial charge in [-0.2, -0.15) is 0 Å². The fourth-order valence-electron chi connectivity index (χ4n) is 3.23. The van der Waals surface area contributed by atoms with Crippen LogP contribution in [0.3, 0.4) is 0 Å². The van der Waals surface area contributed by atoms with Crippen LogP contribution in [0.4, 0.5) is 4.39 Å². The highest BCUT2D eigenvalue weighted by atomic mass is 19.1. The minimum atomic E-state index is -1.33. The van der Waals surface area contributed by atoms with Crippen molar-refractivity contribution in [2.75, 3.05) is 0 Å². The lowest BCUT2D eigenvalue weighted by molar-refractivity contribution is 0.0695. The second kappa shape index (κ2) is 6.11. The third-order valence-electron chi connectivity index (χ3n) is 4.45. The standard InChI is InChI=1S/C21H14FNO3/c22-18-7-3-6-16-19(18)23(12-17(20(16)24)21(25)26)11-13-8-9-14-4-1-2-5-15(14)10-13/h1-10,12H,11H2,(H,25,26). The molecule has 4 rings (SSSR count). The number of hydrogen-bond donors (Lipinski definition) is 1. The molecule has 0 aliphatic carbocycles. The van der Waals surface area contributed by atoms with Gasteiger partial charge in [0.1, 0.15) is 11.4 Å². The monoisotopic (exact) mass is 347 g/mol. The number of benzene rings is 3. The van der Waals surface area contributed by atoms with Crippen LogP contribution < -0.4 is 5.43 Å². The van der Waals surface area contributed by atoms with Gasteiger partial charge < -0.3 is 9.67 Å². The molecule has 0 spiro atoms. The number of fused-ring (bicyclic) bond motifs is 2. The Morgan fingerprint density at radius 1 is 1.00 bits per heavy atom. The summed E-state index contributed by atoms with van der Waals surface area (Å²) in [6.45, 7) is 0.253. The molecule has 1 heterocycles. The topological polar surface area (TPSA) is 59.3 Å². The number of aromatic nitrogens is 1. The van der Waals surface area contributed by atoms with E-state index in [-0.39, 0.29) is 23.0 Å². The van der Waals surface area contributed by atoms with Crippen LogP contribution in [0.2, 0.25) is 0 Å². The Morgan fingerprint density at radius 3 is 2.54 bits per heavy atom. The molecule has 5 heteroatoms. The van der Waals surface area contributed by atoms with Crippen LogP contribution in [0, 0.1) is 5.82 Å². The highest BCUT2D eigenvalue weighted by Crippen LogP contribution is 2.20. The Labute approximate surface area is 147 Å². The molecule has 0 atom stereocenters. The Morgan fingerprint density at radius 2 is 1.77 bits per heavy atom. The molecule has 1 aromatic heterocycles. The predicted molar refractivity (Wildman–Crippen MR) is 98.2 cm³/mol. The summed E-state index contributed by atoms with van der Waals surface area (Å²) in [7, 11) is 0. The van der Waals surface area contributed by atoms with Crippen LogP contribution >= 0.6 is 0 Å². The van der Waals surface area contributed by atoms with Crippen LogP contribution in [0.1, 0.15) is 15.9 Å². The second-order valence-electron chi connectivity index (χ2n) is 6.12. The van der Waals surface area contributed by atoms with E-state index in [0.717, 1.165) is 16.3 Å². The highest BCUT2D eigenvalue weighted by molar-refractivity contribution is 5.92. The quantitative estimate of drug-likeness (QED) is 0.608. The van der Waals surface area contributed by atoms with Crippen LogP contribution in [0.15, 0.2) is 71.7 Å². The first kappa shape index (κ1) is 16.0. The minimum absolute atomic E-state index is 0.0608. The number of nitrogens with zero attached hydrogens (tertiary/aromatic N) is 1. The molecular weight excluding hydrogens is 333 g/mol. The molecule has 26 heavy (non-hydrogen) atoms. The number of aromatic carboxylic acids is 1. The lowest BCUT2D eigenvalue weighted by Gasteiger charge is -2.13. The summed E-state index contributed by atoms with van der Waals surface area (Å²) in [5.41, 5.74) is -0.0606. The number of rotatable bonds is 3. The number of para-hydroxylation sites is 1. The van der Waals surface area contributed by atoms with E-state index in [1.54, 1.807) is 0 Å². The summed E-state index contributed by atoms with van der Waals surface area (Å²) in [5.74, 6) is -1.88. The molecule has 0 saturated heterocycles. The van der Waals surface area contributed by atoms with Gasteiger partial charge in [-0.25, -0.2) is 9.18 Å². The van der Waals surface area contributed by atoms with E-state index < -0.39 is 17.2 Å². The van der Waals surface area contributed by atoms with E-state index in [2.05, 4.69) is 0 Å². The van der Waals surface area contributed by atoms with Gasteiger partial charge in [-0.05, 0) is 34.5 Å². The van der Waals surface area contributed by atoms with E-state index in [1.165, 1.54) is 29.0 Å². The molecule has 0 unspecified atom stereocenters. The van der Waals surface area contributed by atoms with Gasteiger partial charge in [-0.3, -0.25) is 4.79 Å². The van der Waals surface area contributed by atoms with E-state index in [9.17, 15) is 19.1 Å². The first-order valence-electron chi connectivity index (χ1n) is 8.07. The largest absolute Gasteiger partial charge is 0.477 e. The van der Waals surface area contributed by atoms with Crippen LogP contribution in [0.5, 0.6) is 0 Å². The average molecular weight is 347 g/mol. The lowest BCUT2D eigenvalue weighted by atomic mass is 10.1. The Kier molecular flexibility index (Phi) is 3.77. The van der Waals surface area contributed by atoms with E-state index in [4.69, 9.17) is 0 Å². The van der Waals surface area contributed by atoms with Crippen molar-refractivity contribution in [1.82, 2.24) is 4.57 Å². The molecule has 128 valence electrons. The lowest BCUT2D eigenvalue weighted by Crippen LogP contribution is -2.19. The fraction of sp³-hybridized carbons (Fsp3) is 0.0476. The average Bonchev–Trinajstić information content (AvgIpc) is 2.63. The van der Waals surface area contributed by atoms with Crippen molar-refractivity contribution in [3.05, 3.63) is 94.0 Å². The molecule has 0 fully saturated rings. The van der Waals surface area contributed by atoms with Gasteiger partial charge in [0.25, 0.3) is 0 Å². The zero-order chi connectivity index (χ0) is 18.3. The normalized spacial score (nSPS) is 11.1. The molecule has 3 aromatic carbocycles. The molecule has 0 aliphatic rings. The SMILES string of the molecule is O=C(O)c1cn(Cc2ccc3ccccc3c2)c2c(F)cccc2c1=O. The van der Waals surface area contributed by atoms with Crippen molar-refractivity contribution >= 4 is 27.6 Å². The number of carboxylic acids is 1. The number of halogens is 1. The van der Waals surface area contributed by atoms with Crippen molar-refractivity contribution in [1.29, 1.82) is 0 Å². The summed E-state index contributed by atoms with van der Waals surface area (Å²) in [5, 5.41) is 11.5. The summed E-state index contributed by atoms with van der Waals surface area (Å²) in [4.78, 5) is 23.8. The van der Waals surface area contributed by atoms with Gasteiger partial charge in [-0.15, -0.1) is 0 Å². The van der Waals surface area contributed by atoms with Gasteiger partial charge in [0.05, 0.1) is 5.52 Å². The number of pyridine rings is 1. The molecule has 0 aliphatic heterocycles. The van der Waals surface area contributed by atoms with Crippen molar-refractivity contribution in [2.24, 2.45) is 0 Å². The zero-order valence-electron chi connectivity index (χ0n) is 13.6. The summed E-state index contributed by atoms with van der Waals surface area (Å²) < 4.78 is 15.9. The van der Waals surface area contributed by atoms with Crippen LogP contribution in [-0.4, -0.2) is 15.6 Å². The van der Waals surface area contributed by atoms with Gasteiger partial charge in [0.15, 0.2) is 0 Å². The molecule has 0 radical (unpaired) electrons. The molecule has 4 nitrogen and oxygen atoms in total. The third kappa shape index (κ3) is 2.63. The molecule has 4 aromatic rings. The molecule has 0 saturated carbocycles. The number of carboxylic acid groups (broad SMARTS) is 1. The fourth-order valence-corrected chi connectivity index (χ4v) is 3.23. The van der Waals surface area contributed by atoms with Gasteiger partial charge in [0, 0.05) is 18.1 Å². The third-order valence-corrected chi connectivity index (χ3v) is 4.45. The smallest absolute Gasteiger partial charge is 0.341 e. The second-order valence-corrected chi connectivity index (χ2v) is 6.12. The van der Waals surface area contributed by atoms with Crippen molar-refractivity contribution < 1.29 is 14.3 Å². The first-order valence-corrected chi connectivity index (χ1v) is 8.07.